The van der Waals surface area contributed by atoms with Gasteiger partial charge in [-0.15, -0.1) is 0 Å². The van der Waals surface area contributed by atoms with Crippen LogP contribution in [0.3, 0.4) is 0 Å². The maximum Gasteiger partial charge on any atom is 0.331 e. The second-order valence-electron chi connectivity index (χ2n) is 6.62. The number of carbonyl (C=O) groups excluding carboxylic acids is 3. The Labute approximate surface area is 186 Å². The van der Waals surface area contributed by atoms with Crippen LogP contribution in [0.1, 0.15) is 19.4 Å². The van der Waals surface area contributed by atoms with E-state index >= 15 is 0 Å². The number of methoxy groups -OCH3 is 3. The van der Waals surface area contributed by atoms with Crippen molar-refractivity contribution in [2.45, 2.75) is 20.0 Å². The molecule has 2 aromatic carbocycles. The fourth-order valence-corrected chi connectivity index (χ4v) is 2.71. The predicted octanol–water partition coefficient (Wildman–Crippen LogP) is 3.25. The number of carbonyl (C=O) groups is 3. The summed E-state index contributed by atoms with van der Waals surface area (Å²) in [6.45, 7) is 2.87. The van der Waals surface area contributed by atoms with Gasteiger partial charge in [0, 0.05) is 24.4 Å². The largest absolute Gasteiger partial charge is 0.493 e. The van der Waals surface area contributed by atoms with Crippen LogP contribution in [-0.2, 0) is 19.1 Å². The molecule has 0 aliphatic rings. The van der Waals surface area contributed by atoms with Crippen LogP contribution < -0.4 is 24.8 Å². The third-order valence-corrected chi connectivity index (χ3v) is 4.23. The monoisotopic (exact) mass is 442 g/mol. The van der Waals surface area contributed by atoms with E-state index in [0.717, 1.165) is 0 Å². The van der Waals surface area contributed by atoms with E-state index in [4.69, 9.17) is 18.9 Å². The third kappa shape index (κ3) is 6.76. The van der Waals surface area contributed by atoms with Gasteiger partial charge >= 0.3 is 5.97 Å². The first-order chi connectivity index (χ1) is 15.3. The van der Waals surface area contributed by atoms with Crippen LogP contribution in [0.15, 0.2) is 42.5 Å². The van der Waals surface area contributed by atoms with Crippen molar-refractivity contribution in [2.75, 3.05) is 32.0 Å². The molecule has 2 N–H and O–H groups in total. The topological polar surface area (TPSA) is 112 Å². The quantitative estimate of drug-likeness (QED) is 0.453. The van der Waals surface area contributed by atoms with E-state index in [1.54, 1.807) is 36.4 Å². The van der Waals surface area contributed by atoms with E-state index in [1.165, 1.54) is 47.3 Å². The lowest BCUT2D eigenvalue weighted by atomic mass is 10.1. The molecule has 32 heavy (non-hydrogen) atoms. The van der Waals surface area contributed by atoms with E-state index in [1.807, 2.05) is 0 Å². The van der Waals surface area contributed by atoms with Crippen LogP contribution >= 0.6 is 0 Å². The van der Waals surface area contributed by atoms with E-state index < -0.39 is 18.0 Å². The summed E-state index contributed by atoms with van der Waals surface area (Å²) < 4.78 is 21.0. The van der Waals surface area contributed by atoms with Gasteiger partial charge in [0.05, 0.1) is 21.3 Å². The summed E-state index contributed by atoms with van der Waals surface area (Å²) in [6, 6.07) is 9.89. The Bertz CT molecular complexity index is 975. The normalized spacial score (nSPS) is 11.4. The average Bonchev–Trinajstić information content (AvgIpc) is 2.77. The zero-order valence-corrected chi connectivity index (χ0v) is 18.6. The summed E-state index contributed by atoms with van der Waals surface area (Å²) in [5.74, 6) is -0.0597. The van der Waals surface area contributed by atoms with Crippen molar-refractivity contribution in [2.24, 2.45) is 0 Å². The Hall–Kier alpha value is -4.01. The van der Waals surface area contributed by atoms with Crippen molar-refractivity contribution in [3.63, 3.8) is 0 Å². The van der Waals surface area contributed by atoms with Crippen LogP contribution in [0.25, 0.3) is 6.08 Å². The highest BCUT2D eigenvalue weighted by Gasteiger charge is 2.17. The molecule has 0 unspecified atom stereocenters. The molecule has 9 heteroatoms. The van der Waals surface area contributed by atoms with Gasteiger partial charge < -0.3 is 29.6 Å². The summed E-state index contributed by atoms with van der Waals surface area (Å²) >= 11 is 0. The smallest absolute Gasteiger partial charge is 0.331 e. The fourth-order valence-electron chi connectivity index (χ4n) is 2.71. The molecule has 1 atom stereocenters. The van der Waals surface area contributed by atoms with Crippen molar-refractivity contribution in [3.8, 4) is 17.2 Å². The number of anilines is 2. The minimum Gasteiger partial charge on any atom is -0.493 e. The van der Waals surface area contributed by atoms with Gasteiger partial charge in [0.1, 0.15) is 0 Å². The molecule has 0 heterocycles. The Morgan fingerprint density at radius 1 is 0.875 bits per heavy atom. The molecule has 0 saturated heterocycles. The van der Waals surface area contributed by atoms with E-state index in [-0.39, 0.29) is 5.91 Å². The highest BCUT2D eigenvalue weighted by Crippen LogP contribution is 2.38. The van der Waals surface area contributed by atoms with E-state index in [2.05, 4.69) is 10.6 Å². The Kier molecular flexibility index (Phi) is 8.64. The van der Waals surface area contributed by atoms with Gasteiger partial charge in [0.25, 0.3) is 5.91 Å². The van der Waals surface area contributed by atoms with Crippen LogP contribution in [-0.4, -0.2) is 45.2 Å². The van der Waals surface area contributed by atoms with Crippen LogP contribution in [0, 0.1) is 0 Å². The first-order valence-electron chi connectivity index (χ1n) is 9.64. The van der Waals surface area contributed by atoms with Crippen LogP contribution in [0.5, 0.6) is 17.2 Å². The highest BCUT2D eigenvalue weighted by atomic mass is 16.5. The zero-order chi connectivity index (χ0) is 23.7. The standard InChI is InChI=1S/C23H26N2O7/c1-14(23(28)25-18-9-7-17(8-10-18)24-15(2)26)32-21(27)11-6-16-12-19(29-3)22(31-5)20(13-16)30-4/h6-14H,1-5H3,(H,24,26)(H,25,28)/b11-6+/t14-/m1/s1. The molecule has 0 aliphatic carbocycles. The molecule has 2 amide bonds. The molecular weight excluding hydrogens is 416 g/mol. The number of rotatable bonds is 9. The molecule has 0 bridgehead atoms. The minimum atomic E-state index is -1.03. The molecule has 0 fully saturated rings. The Morgan fingerprint density at radius 2 is 1.41 bits per heavy atom. The van der Waals surface area contributed by atoms with Gasteiger partial charge in [-0.25, -0.2) is 4.79 Å². The molecule has 0 saturated carbocycles. The number of hydrogen-bond donors (Lipinski definition) is 2. The van der Waals surface area contributed by atoms with Crippen molar-refractivity contribution in [3.05, 3.63) is 48.0 Å². The molecule has 0 radical (unpaired) electrons. The van der Waals surface area contributed by atoms with Gasteiger partial charge in [0.2, 0.25) is 11.7 Å². The first-order valence-corrected chi connectivity index (χ1v) is 9.64. The lowest BCUT2D eigenvalue weighted by Crippen LogP contribution is -2.29. The van der Waals surface area contributed by atoms with Crippen molar-refractivity contribution in [1.82, 2.24) is 0 Å². The molecular formula is C23H26N2O7. The first kappa shape index (κ1) is 24.3. The molecule has 0 spiro atoms. The van der Waals surface area contributed by atoms with Crippen molar-refractivity contribution in [1.29, 1.82) is 0 Å². The van der Waals surface area contributed by atoms with E-state index in [0.29, 0.717) is 34.2 Å². The Morgan fingerprint density at radius 3 is 1.88 bits per heavy atom. The number of amides is 2. The van der Waals surface area contributed by atoms with Gasteiger partial charge in [-0.1, -0.05) is 0 Å². The number of benzene rings is 2. The SMILES string of the molecule is COc1cc(/C=C/C(=O)O[C@H](C)C(=O)Nc2ccc(NC(C)=O)cc2)cc(OC)c1OC. The summed E-state index contributed by atoms with van der Waals surface area (Å²) in [6.07, 6.45) is 1.69. The highest BCUT2D eigenvalue weighted by molar-refractivity contribution is 5.97. The summed E-state index contributed by atoms with van der Waals surface area (Å²) in [7, 11) is 4.48. The second-order valence-corrected chi connectivity index (χ2v) is 6.62. The number of ether oxygens (including phenoxy) is 4. The molecule has 0 aromatic heterocycles. The fraction of sp³-hybridized carbons (Fsp3) is 0.261. The summed E-state index contributed by atoms with van der Waals surface area (Å²) in [5.41, 5.74) is 1.72. The summed E-state index contributed by atoms with van der Waals surface area (Å²) in [4.78, 5) is 35.5. The van der Waals surface area contributed by atoms with Crippen molar-refractivity contribution >= 4 is 35.2 Å². The second kappa shape index (κ2) is 11.4. The molecule has 0 aliphatic heterocycles. The number of esters is 1. The van der Waals surface area contributed by atoms with Gasteiger partial charge in [-0.3, -0.25) is 9.59 Å². The lowest BCUT2D eigenvalue weighted by Gasteiger charge is -2.13. The summed E-state index contributed by atoms with van der Waals surface area (Å²) in [5, 5.41) is 5.28. The number of hydrogen-bond acceptors (Lipinski definition) is 7. The lowest BCUT2D eigenvalue weighted by molar-refractivity contribution is -0.148. The maximum atomic E-state index is 12.3. The molecule has 170 valence electrons. The Balaban J connectivity index is 1.98. The zero-order valence-electron chi connectivity index (χ0n) is 18.6. The van der Waals surface area contributed by atoms with Crippen molar-refractivity contribution < 1.29 is 33.3 Å². The van der Waals surface area contributed by atoms with Crippen LogP contribution in [0.4, 0.5) is 11.4 Å². The number of nitrogens with one attached hydrogen (secondary N) is 2. The van der Waals surface area contributed by atoms with Gasteiger partial charge in [-0.2, -0.15) is 0 Å². The molecule has 2 rings (SSSR count). The third-order valence-electron chi connectivity index (χ3n) is 4.23. The van der Waals surface area contributed by atoms with Gasteiger partial charge in [0.15, 0.2) is 17.6 Å². The average molecular weight is 442 g/mol. The molecule has 9 nitrogen and oxygen atoms in total. The van der Waals surface area contributed by atoms with Crippen LogP contribution in [0.2, 0.25) is 0 Å². The molecule has 2 aromatic rings. The maximum absolute atomic E-state index is 12.3. The minimum absolute atomic E-state index is 0.193. The van der Waals surface area contributed by atoms with Gasteiger partial charge in [-0.05, 0) is 55.0 Å². The predicted molar refractivity (Wildman–Crippen MR) is 120 cm³/mol. The van der Waals surface area contributed by atoms with E-state index in [9.17, 15) is 14.4 Å².